The molecule has 0 spiro atoms. The van der Waals surface area contributed by atoms with Gasteiger partial charge in [0.25, 0.3) is 0 Å². The Morgan fingerprint density at radius 3 is 2.04 bits per heavy atom. The van der Waals surface area contributed by atoms with Crippen LogP contribution in [0.1, 0.15) is 17.5 Å². The van der Waals surface area contributed by atoms with Crippen molar-refractivity contribution in [1.29, 1.82) is 0 Å². The molecule has 1 aliphatic rings. The van der Waals surface area contributed by atoms with Crippen molar-refractivity contribution in [2.75, 3.05) is 19.5 Å². The van der Waals surface area contributed by atoms with Crippen LogP contribution >= 0.6 is 0 Å². The van der Waals surface area contributed by atoms with E-state index < -0.39 is 0 Å². The second-order valence-electron chi connectivity index (χ2n) is 7.02. The molecule has 3 aromatic carbocycles. The molecule has 0 heterocycles. The van der Waals surface area contributed by atoms with Crippen LogP contribution in [-0.4, -0.2) is 20.1 Å². The van der Waals surface area contributed by atoms with Crippen LogP contribution in [0.25, 0.3) is 0 Å². The first-order valence-electron chi connectivity index (χ1n) is 9.33. The van der Waals surface area contributed by atoms with E-state index in [4.69, 9.17) is 9.47 Å². The number of anilines is 1. The van der Waals surface area contributed by atoms with E-state index in [1.54, 1.807) is 26.4 Å². The van der Waals surface area contributed by atoms with Crippen LogP contribution in [0.5, 0.6) is 11.5 Å². The minimum Gasteiger partial charge on any atom is -0.497 e. The Kier molecular flexibility index (Phi) is 4.78. The SMILES string of the molecule is COc1ccc(OC)c(NC(=O)C2CC2(c2ccccc2)c2ccccc2)c1. The number of ether oxygens (including phenoxy) is 2. The fourth-order valence-corrected chi connectivity index (χ4v) is 3.99. The van der Waals surface area contributed by atoms with Crippen molar-refractivity contribution < 1.29 is 14.3 Å². The zero-order valence-electron chi connectivity index (χ0n) is 16.0. The fraction of sp³-hybridized carbons (Fsp3) is 0.208. The van der Waals surface area contributed by atoms with E-state index >= 15 is 0 Å². The first kappa shape index (κ1) is 18.1. The molecule has 4 nitrogen and oxygen atoms in total. The van der Waals surface area contributed by atoms with Gasteiger partial charge in [0.1, 0.15) is 11.5 Å². The van der Waals surface area contributed by atoms with Gasteiger partial charge in [0.15, 0.2) is 0 Å². The summed E-state index contributed by atoms with van der Waals surface area (Å²) in [7, 11) is 3.19. The number of hydrogen-bond acceptors (Lipinski definition) is 3. The molecule has 0 bridgehead atoms. The number of carbonyl (C=O) groups excluding carboxylic acids is 1. The maximum absolute atomic E-state index is 13.2. The maximum atomic E-state index is 13.2. The molecule has 1 unspecified atom stereocenters. The summed E-state index contributed by atoms with van der Waals surface area (Å²) in [6, 6.07) is 25.9. The minimum atomic E-state index is -0.293. The highest BCUT2D eigenvalue weighted by Crippen LogP contribution is 2.59. The predicted octanol–water partition coefficient (Wildman–Crippen LogP) is 4.65. The van der Waals surface area contributed by atoms with Crippen molar-refractivity contribution in [2.45, 2.75) is 11.8 Å². The summed E-state index contributed by atoms with van der Waals surface area (Å²) in [5, 5.41) is 3.05. The van der Waals surface area contributed by atoms with E-state index in [0.717, 1.165) is 6.42 Å². The molecule has 0 saturated heterocycles. The molecule has 1 saturated carbocycles. The van der Waals surface area contributed by atoms with Gasteiger partial charge in [-0.2, -0.15) is 0 Å². The number of rotatable bonds is 6. The van der Waals surface area contributed by atoms with Crippen LogP contribution in [0.4, 0.5) is 5.69 Å². The van der Waals surface area contributed by atoms with Gasteiger partial charge in [-0.1, -0.05) is 60.7 Å². The van der Waals surface area contributed by atoms with Gasteiger partial charge in [-0.25, -0.2) is 0 Å². The highest BCUT2D eigenvalue weighted by atomic mass is 16.5. The van der Waals surface area contributed by atoms with Crippen LogP contribution in [0.2, 0.25) is 0 Å². The average Bonchev–Trinajstić information content (AvgIpc) is 3.52. The zero-order chi connectivity index (χ0) is 19.6. The number of benzene rings is 3. The summed E-state index contributed by atoms with van der Waals surface area (Å²) in [5.41, 5.74) is 2.66. The van der Waals surface area contributed by atoms with Crippen molar-refractivity contribution >= 4 is 11.6 Å². The monoisotopic (exact) mass is 373 g/mol. The minimum absolute atomic E-state index is 0.0146. The second kappa shape index (κ2) is 7.39. The predicted molar refractivity (Wildman–Crippen MR) is 110 cm³/mol. The third-order valence-corrected chi connectivity index (χ3v) is 5.52. The Morgan fingerprint density at radius 1 is 0.893 bits per heavy atom. The van der Waals surface area contributed by atoms with E-state index in [2.05, 4.69) is 29.6 Å². The molecule has 0 aliphatic heterocycles. The smallest absolute Gasteiger partial charge is 0.228 e. The van der Waals surface area contributed by atoms with Gasteiger partial charge in [-0.3, -0.25) is 4.79 Å². The number of nitrogens with one attached hydrogen (secondary N) is 1. The molecule has 3 aromatic rings. The third kappa shape index (κ3) is 3.11. The first-order chi connectivity index (χ1) is 13.7. The van der Waals surface area contributed by atoms with E-state index in [-0.39, 0.29) is 17.2 Å². The summed E-state index contributed by atoms with van der Waals surface area (Å²) in [6.07, 6.45) is 0.777. The van der Waals surface area contributed by atoms with E-state index in [1.165, 1.54) is 11.1 Å². The molecule has 1 atom stereocenters. The molecule has 4 rings (SSSR count). The van der Waals surface area contributed by atoms with Gasteiger partial charge in [-0.05, 0) is 29.7 Å². The molecule has 28 heavy (non-hydrogen) atoms. The quantitative estimate of drug-likeness (QED) is 0.684. The Hall–Kier alpha value is -3.27. The highest BCUT2D eigenvalue weighted by molar-refractivity contribution is 5.98. The number of methoxy groups -OCH3 is 2. The topological polar surface area (TPSA) is 47.6 Å². The van der Waals surface area contributed by atoms with Gasteiger partial charge < -0.3 is 14.8 Å². The van der Waals surface area contributed by atoms with Crippen LogP contribution in [0, 0.1) is 5.92 Å². The molecule has 4 heteroatoms. The van der Waals surface area contributed by atoms with Crippen molar-refractivity contribution in [1.82, 2.24) is 0 Å². The largest absolute Gasteiger partial charge is 0.497 e. The van der Waals surface area contributed by atoms with Crippen LogP contribution in [-0.2, 0) is 10.2 Å². The average molecular weight is 373 g/mol. The summed E-state index contributed by atoms with van der Waals surface area (Å²) >= 11 is 0. The van der Waals surface area contributed by atoms with Crippen LogP contribution in [0.3, 0.4) is 0 Å². The molecule has 1 N–H and O–H groups in total. The van der Waals surface area contributed by atoms with Gasteiger partial charge in [0.2, 0.25) is 5.91 Å². The molecule has 1 amide bonds. The normalized spacial score (nSPS) is 16.9. The van der Waals surface area contributed by atoms with Crippen molar-refractivity contribution in [3.8, 4) is 11.5 Å². The van der Waals surface area contributed by atoms with Crippen molar-refractivity contribution in [3.63, 3.8) is 0 Å². The fourth-order valence-electron chi connectivity index (χ4n) is 3.99. The third-order valence-electron chi connectivity index (χ3n) is 5.52. The molecule has 0 aromatic heterocycles. The lowest BCUT2D eigenvalue weighted by Crippen LogP contribution is -2.22. The Balaban J connectivity index is 1.66. The molecule has 1 aliphatic carbocycles. The van der Waals surface area contributed by atoms with E-state index in [1.807, 2.05) is 42.5 Å². The summed E-state index contributed by atoms with van der Waals surface area (Å²) in [5.74, 6) is 1.12. The lowest BCUT2D eigenvalue weighted by atomic mass is 9.85. The summed E-state index contributed by atoms with van der Waals surface area (Å²) in [4.78, 5) is 13.2. The maximum Gasteiger partial charge on any atom is 0.228 e. The molecule has 1 fully saturated rings. The van der Waals surface area contributed by atoms with Crippen molar-refractivity contribution in [3.05, 3.63) is 90.0 Å². The summed E-state index contributed by atoms with van der Waals surface area (Å²) in [6.45, 7) is 0. The van der Waals surface area contributed by atoms with E-state index in [0.29, 0.717) is 17.2 Å². The first-order valence-corrected chi connectivity index (χ1v) is 9.33. The van der Waals surface area contributed by atoms with Crippen molar-refractivity contribution in [2.24, 2.45) is 5.92 Å². The Morgan fingerprint density at radius 2 is 1.50 bits per heavy atom. The van der Waals surface area contributed by atoms with Crippen LogP contribution < -0.4 is 14.8 Å². The Labute approximate surface area is 165 Å². The number of amides is 1. The second-order valence-corrected chi connectivity index (χ2v) is 7.02. The molecule has 0 radical (unpaired) electrons. The Bertz CT molecular complexity index is 930. The van der Waals surface area contributed by atoms with E-state index in [9.17, 15) is 4.79 Å². The van der Waals surface area contributed by atoms with Gasteiger partial charge >= 0.3 is 0 Å². The van der Waals surface area contributed by atoms with Gasteiger partial charge in [0, 0.05) is 11.5 Å². The standard InChI is InChI=1S/C24H23NO3/c1-27-19-13-14-22(28-2)21(15-19)25-23(26)20-16-24(20,17-9-5-3-6-10-17)18-11-7-4-8-12-18/h3-15,20H,16H2,1-2H3,(H,25,26). The lowest BCUT2D eigenvalue weighted by Gasteiger charge is -2.19. The van der Waals surface area contributed by atoms with Gasteiger partial charge in [0.05, 0.1) is 25.8 Å². The number of carbonyl (C=O) groups is 1. The van der Waals surface area contributed by atoms with Crippen LogP contribution in [0.15, 0.2) is 78.9 Å². The summed E-state index contributed by atoms with van der Waals surface area (Å²) < 4.78 is 10.7. The molecular weight excluding hydrogens is 350 g/mol. The lowest BCUT2D eigenvalue weighted by molar-refractivity contribution is -0.117. The number of hydrogen-bond donors (Lipinski definition) is 1. The zero-order valence-corrected chi connectivity index (χ0v) is 16.0. The molecular formula is C24H23NO3. The molecule has 142 valence electrons. The van der Waals surface area contributed by atoms with Gasteiger partial charge in [-0.15, -0.1) is 0 Å². The highest BCUT2D eigenvalue weighted by Gasteiger charge is 2.60.